The molecule has 0 aromatic carbocycles. The Hall–Kier alpha value is -0.353. The summed E-state index contributed by atoms with van der Waals surface area (Å²) in [5, 5.41) is 3.17. The van der Waals surface area contributed by atoms with E-state index in [4.69, 9.17) is 0 Å². The second kappa shape index (κ2) is 7.75. The summed E-state index contributed by atoms with van der Waals surface area (Å²) in [5.74, 6) is -0.136. The van der Waals surface area contributed by atoms with E-state index in [1.54, 1.807) is 0 Å². The lowest BCUT2D eigenvalue weighted by molar-refractivity contribution is -0.140. The molecule has 0 bridgehead atoms. The van der Waals surface area contributed by atoms with E-state index in [1.165, 1.54) is 29.8 Å². The first-order chi connectivity index (χ1) is 5.31. The van der Waals surface area contributed by atoms with Crippen LogP contribution in [-0.4, -0.2) is 36.4 Å². The first kappa shape index (κ1) is 10.6. The summed E-state index contributed by atoms with van der Waals surface area (Å²) >= 11 is 0. The number of ether oxygens (including phenoxy) is 1. The summed E-state index contributed by atoms with van der Waals surface area (Å²) in [6.45, 7) is 1.77. The maximum atomic E-state index is 10.6. The Morgan fingerprint density at radius 3 is 2.82 bits per heavy atom. The Bertz CT molecular complexity index is 109. The van der Waals surface area contributed by atoms with Crippen molar-refractivity contribution >= 4 is 16.2 Å². The Balaban J connectivity index is 2.95. The number of hydrogen-bond acceptors (Lipinski definition) is 3. The van der Waals surface area contributed by atoms with Crippen molar-refractivity contribution in [1.82, 2.24) is 5.32 Å². The second-order valence-electron chi connectivity index (χ2n) is 2.43. The van der Waals surface area contributed by atoms with Crippen molar-refractivity contribution in [2.45, 2.75) is 18.9 Å². The number of esters is 1. The van der Waals surface area contributed by atoms with Crippen LogP contribution in [0.3, 0.4) is 0 Å². The van der Waals surface area contributed by atoms with Gasteiger partial charge in [-0.1, -0.05) is 6.04 Å². The van der Waals surface area contributed by atoms with E-state index in [1.807, 2.05) is 0 Å². The predicted molar refractivity (Wildman–Crippen MR) is 48.9 cm³/mol. The monoisotopic (exact) mass is 175 g/mol. The molecule has 0 fully saturated rings. The molecule has 0 amide bonds. The first-order valence-electron chi connectivity index (χ1n) is 4.08. The molecule has 0 aliphatic heterocycles. The van der Waals surface area contributed by atoms with Crippen molar-refractivity contribution in [3.63, 3.8) is 0 Å². The SMILES string of the molecule is COC(=O)CCNCCC[SiH3]. The molecule has 0 aromatic heterocycles. The lowest BCUT2D eigenvalue weighted by Crippen LogP contribution is -2.19. The van der Waals surface area contributed by atoms with E-state index >= 15 is 0 Å². The van der Waals surface area contributed by atoms with Gasteiger partial charge in [-0.15, -0.1) is 0 Å². The van der Waals surface area contributed by atoms with Crippen molar-refractivity contribution in [2.75, 3.05) is 20.2 Å². The van der Waals surface area contributed by atoms with Gasteiger partial charge < -0.3 is 10.1 Å². The topological polar surface area (TPSA) is 38.3 Å². The molecule has 0 unspecified atom stereocenters. The molecule has 0 saturated heterocycles. The van der Waals surface area contributed by atoms with Crippen LogP contribution in [-0.2, 0) is 9.53 Å². The van der Waals surface area contributed by atoms with Crippen LogP contribution < -0.4 is 5.32 Å². The molecule has 3 nitrogen and oxygen atoms in total. The third-order valence-electron chi connectivity index (χ3n) is 1.44. The van der Waals surface area contributed by atoms with Gasteiger partial charge >= 0.3 is 5.97 Å². The van der Waals surface area contributed by atoms with Gasteiger partial charge in [-0.2, -0.15) is 0 Å². The minimum absolute atomic E-state index is 0.136. The highest BCUT2D eigenvalue weighted by Gasteiger charge is 1.96. The Morgan fingerprint density at radius 2 is 2.27 bits per heavy atom. The second-order valence-corrected chi connectivity index (χ2v) is 3.43. The average molecular weight is 175 g/mol. The maximum absolute atomic E-state index is 10.6. The molecular formula is C7H17NO2Si. The summed E-state index contributed by atoms with van der Waals surface area (Å²) < 4.78 is 4.48. The van der Waals surface area contributed by atoms with E-state index in [-0.39, 0.29) is 5.97 Å². The number of carbonyl (C=O) groups is 1. The van der Waals surface area contributed by atoms with E-state index in [0.717, 1.165) is 13.1 Å². The highest BCUT2D eigenvalue weighted by molar-refractivity contribution is 6.08. The highest BCUT2D eigenvalue weighted by atomic mass is 28.1. The minimum Gasteiger partial charge on any atom is -0.469 e. The smallest absolute Gasteiger partial charge is 0.306 e. The zero-order valence-corrected chi connectivity index (χ0v) is 9.35. The molecule has 0 aliphatic carbocycles. The molecule has 11 heavy (non-hydrogen) atoms. The van der Waals surface area contributed by atoms with Gasteiger partial charge in [0.15, 0.2) is 0 Å². The quantitative estimate of drug-likeness (QED) is 0.330. The van der Waals surface area contributed by atoms with Gasteiger partial charge in [0.1, 0.15) is 0 Å². The number of methoxy groups -OCH3 is 1. The lowest BCUT2D eigenvalue weighted by atomic mass is 10.4. The van der Waals surface area contributed by atoms with E-state index in [9.17, 15) is 4.79 Å². The van der Waals surface area contributed by atoms with Crippen molar-refractivity contribution in [2.24, 2.45) is 0 Å². The fourth-order valence-corrected chi connectivity index (χ4v) is 1.07. The fourth-order valence-electron chi connectivity index (χ4n) is 0.719. The van der Waals surface area contributed by atoms with Crippen molar-refractivity contribution in [1.29, 1.82) is 0 Å². The molecule has 1 N–H and O–H groups in total. The van der Waals surface area contributed by atoms with Gasteiger partial charge in [0.25, 0.3) is 0 Å². The van der Waals surface area contributed by atoms with Gasteiger partial charge in [0, 0.05) is 16.8 Å². The largest absolute Gasteiger partial charge is 0.469 e. The molecule has 0 heterocycles. The predicted octanol–water partition coefficient (Wildman–Crippen LogP) is -0.687. The zero-order valence-electron chi connectivity index (χ0n) is 7.35. The molecule has 0 spiro atoms. The van der Waals surface area contributed by atoms with Crippen LogP contribution in [0.25, 0.3) is 0 Å². The molecule has 4 heteroatoms. The summed E-state index contributed by atoms with van der Waals surface area (Å²) in [4.78, 5) is 10.6. The third-order valence-corrected chi connectivity index (χ3v) is 2.15. The van der Waals surface area contributed by atoms with Crippen LogP contribution in [0.15, 0.2) is 0 Å². The van der Waals surface area contributed by atoms with Crippen LogP contribution in [0, 0.1) is 0 Å². The van der Waals surface area contributed by atoms with Crippen molar-refractivity contribution in [3.8, 4) is 0 Å². The zero-order chi connectivity index (χ0) is 8.53. The molecule has 0 aromatic rings. The molecule has 0 atom stereocenters. The van der Waals surface area contributed by atoms with Crippen LogP contribution in [0.5, 0.6) is 0 Å². The minimum atomic E-state index is -0.136. The van der Waals surface area contributed by atoms with Crippen LogP contribution in [0.1, 0.15) is 12.8 Å². The Morgan fingerprint density at radius 1 is 1.55 bits per heavy atom. The first-order valence-corrected chi connectivity index (χ1v) is 5.50. The maximum Gasteiger partial charge on any atom is 0.306 e. The molecule has 0 radical (unpaired) electrons. The van der Waals surface area contributed by atoms with Crippen LogP contribution in [0.2, 0.25) is 6.04 Å². The summed E-state index contributed by atoms with van der Waals surface area (Å²) in [6.07, 6.45) is 1.71. The molecule has 0 rings (SSSR count). The van der Waals surface area contributed by atoms with E-state index in [0.29, 0.717) is 6.42 Å². The Labute approximate surface area is 70.9 Å². The van der Waals surface area contributed by atoms with Gasteiger partial charge in [0.05, 0.1) is 13.5 Å². The van der Waals surface area contributed by atoms with Gasteiger partial charge in [-0.25, -0.2) is 0 Å². The number of rotatable bonds is 6. The van der Waals surface area contributed by atoms with Crippen LogP contribution >= 0.6 is 0 Å². The molecule has 0 saturated carbocycles. The fraction of sp³-hybridized carbons (Fsp3) is 0.857. The highest BCUT2D eigenvalue weighted by Crippen LogP contribution is 1.83. The molecule has 0 aliphatic rings. The number of nitrogens with one attached hydrogen (secondary N) is 1. The number of hydrogen-bond donors (Lipinski definition) is 1. The Kier molecular flexibility index (Phi) is 7.50. The van der Waals surface area contributed by atoms with Gasteiger partial charge in [0.2, 0.25) is 0 Å². The normalized spacial score (nSPS) is 9.91. The van der Waals surface area contributed by atoms with E-state index < -0.39 is 0 Å². The van der Waals surface area contributed by atoms with Crippen molar-refractivity contribution in [3.05, 3.63) is 0 Å². The number of carbonyl (C=O) groups excluding carboxylic acids is 1. The lowest BCUT2D eigenvalue weighted by Gasteiger charge is -2.01. The average Bonchev–Trinajstić information content (AvgIpc) is 2.04. The standard InChI is InChI=1S/C7H17NO2Si/c1-10-7(9)3-5-8-4-2-6-11/h8H,2-6H2,1,11H3. The summed E-state index contributed by atoms with van der Waals surface area (Å²) in [6, 6.07) is 1.32. The molecular weight excluding hydrogens is 158 g/mol. The third kappa shape index (κ3) is 7.54. The summed E-state index contributed by atoms with van der Waals surface area (Å²) in [5.41, 5.74) is 0. The molecule has 66 valence electrons. The van der Waals surface area contributed by atoms with Gasteiger partial charge in [-0.05, 0) is 13.0 Å². The van der Waals surface area contributed by atoms with Gasteiger partial charge in [-0.3, -0.25) is 4.79 Å². The summed E-state index contributed by atoms with van der Waals surface area (Å²) in [7, 11) is 2.69. The van der Waals surface area contributed by atoms with E-state index in [2.05, 4.69) is 10.1 Å². The van der Waals surface area contributed by atoms with Crippen LogP contribution in [0.4, 0.5) is 0 Å². The van der Waals surface area contributed by atoms with Crippen molar-refractivity contribution < 1.29 is 9.53 Å².